The van der Waals surface area contributed by atoms with Gasteiger partial charge in [0.05, 0.1) is 6.61 Å². The van der Waals surface area contributed by atoms with Crippen LogP contribution in [0, 0.1) is 5.41 Å². The summed E-state index contributed by atoms with van der Waals surface area (Å²) < 4.78 is 10.8. The van der Waals surface area contributed by atoms with E-state index in [9.17, 15) is 4.79 Å². The highest BCUT2D eigenvalue weighted by molar-refractivity contribution is 5.82. The topological polar surface area (TPSA) is 59.6 Å². The lowest BCUT2D eigenvalue weighted by atomic mass is 9.79. The van der Waals surface area contributed by atoms with Gasteiger partial charge in [0.25, 0.3) is 5.91 Å². The summed E-state index contributed by atoms with van der Waals surface area (Å²) in [6, 6.07) is 9.56. The fraction of sp³-hybridized carbons (Fsp3) is 0.588. The normalized spacial score (nSPS) is 18.6. The minimum atomic E-state index is -0.567. The molecule has 1 unspecified atom stereocenters. The van der Waals surface area contributed by atoms with Crippen molar-refractivity contribution in [3.63, 3.8) is 0 Å². The van der Waals surface area contributed by atoms with Gasteiger partial charge in [0.15, 0.2) is 6.10 Å². The maximum absolute atomic E-state index is 12.5. The van der Waals surface area contributed by atoms with E-state index < -0.39 is 6.10 Å². The van der Waals surface area contributed by atoms with Crippen LogP contribution in [0.3, 0.4) is 0 Å². The second-order valence-corrected chi connectivity index (χ2v) is 5.93. The van der Waals surface area contributed by atoms with Gasteiger partial charge in [-0.15, -0.1) is 0 Å². The number of benzene rings is 1. The highest BCUT2D eigenvalue weighted by atomic mass is 16.5. The van der Waals surface area contributed by atoms with Crippen LogP contribution in [-0.4, -0.2) is 46.4 Å². The molecule has 0 bridgehead atoms. The van der Waals surface area contributed by atoms with Crippen molar-refractivity contribution in [3.05, 3.63) is 35.9 Å². The standard InChI is InChI=1S/C17H26N2O3/c1-21-13-17(8-10-18-11-9-17)12-19-16(20)15(22-2)14-6-4-3-5-7-14/h3-7,15,18H,8-13H2,1-2H3,(H,19,20). The Labute approximate surface area is 132 Å². The molecule has 0 aromatic heterocycles. The lowest BCUT2D eigenvalue weighted by Gasteiger charge is -2.37. The summed E-state index contributed by atoms with van der Waals surface area (Å²) in [5.41, 5.74) is 0.888. The largest absolute Gasteiger partial charge is 0.384 e. The molecule has 1 saturated heterocycles. The first-order valence-electron chi connectivity index (χ1n) is 7.76. The zero-order chi connectivity index (χ0) is 15.8. The molecule has 1 atom stereocenters. The Morgan fingerprint density at radius 2 is 1.95 bits per heavy atom. The van der Waals surface area contributed by atoms with Crippen LogP contribution < -0.4 is 10.6 Å². The molecule has 0 saturated carbocycles. The van der Waals surface area contributed by atoms with E-state index in [-0.39, 0.29) is 11.3 Å². The lowest BCUT2D eigenvalue weighted by molar-refractivity contribution is -0.132. The van der Waals surface area contributed by atoms with Gasteiger partial charge in [0.1, 0.15) is 0 Å². The van der Waals surface area contributed by atoms with Crippen molar-refractivity contribution >= 4 is 5.91 Å². The molecule has 122 valence electrons. The minimum absolute atomic E-state index is 0.0185. The number of ether oxygens (including phenoxy) is 2. The predicted octanol–water partition coefficient (Wildman–Crippen LogP) is 1.51. The van der Waals surface area contributed by atoms with Crippen LogP contribution in [-0.2, 0) is 14.3 Å². The number of carbonyl (C=O) groups is 1. The Bertz CT molecular complexity index is 453. The van der Waals surface area contributed by atoms with Gasteiger partial charge in [0.2, 0.25) is 0 Å². The van der Waals surface area contributed by atoms with Gasteiger partial charge in [-0.25, -0.2) is 0 Å². The number of hydrogen-bond donors (Lipinski definition) is 2. The van der Waals surface area contributed by atoms with Gasteiger partial charge in [-0.3, -0.25) is 4.79 Å². The summed E-state index contributed by atoms with van der Waals surface area (Å²) in [6.07, 6.45) is 1.44. The molecule has 1 fully saturated rings. The Balaban J connectivity index is 1.97. The molecule has 1 aromatic carbocycles. The van der Waals surface area contributed by atoms with E-state index in [2.05, 4.69) is 10.6 Å². The van der Waals surface area contributed by atoms with Gasteiger partial charge in [0, 0.05) is 26.2 Å². The Morgan fingerprint density at radius 1 is 1.27 bits per heavy atom. The predicted molar refractivity (Wildman–Crippen MR) is 85.6 cm³/mol. The maximum Gasteiger partial charge on any atom is 0.253 e. The first kappa shape index (κ1) is 16.9. The average molecular weight is 306 g/mol. The van der Waals surface area contributed by atoms with Gasteiger partial charge in [-0.2, -0.15) is 0 Å². The van der Waals surface area contributed by atoms with Gasteiger partial charge >= 0.3 is 0 Å². The molecule has 5 heteroatoms. The van der Waals surface area contributed by atoms with Crippen LogP contribution >= 0.6 is 0 Å². The lowest BCUT2D eigenvalue weighted by Crippen LogP contribution is -2.48. The SMILES string of the molecule is COCC1(CNC(=O)C(OC)c2ccccc2)CCNCC1. The monoisotopic (exact) mass is 306 g/mol. The molecule has 1 aliphatic heterocycles. The fourth-order valence-corrected chi connectivity index (χ4v) is 3.03. The minimum Gasteiger partial charge on any atom is -0.384 e. The third-order valence-electron chi connectivity index (χ3n) is 4.33. The number of amides is 1. The van der Waals surface area contributed by atoms with E-state index in [4.69, 9.17) is 9.47 Å². The molecule has 0 radical (unpaired) electrons. The molecule has 0 aliphatic carbocycles. The molecule has 5 nitrogen and oxygen atoms in total. The van der Waals surface area contributed by atoms with Crippen LogP contribution in [0.15, 0.2) is 30.3 Å². The van der Waals surface area contributed by atoms with E-state index >= 15 is 0 Å². The summed E-state index contributed by atoms with van der Waals surface area (Å²) in [6.45, 7) is 3.21. The molecular formula is C17H26N2O3. The van der Waals surface area contributed by atoms with Crippen molar-refractivity contribution in [3.8, 4) is 0 Å². The molecule has 2 N–H and O–H groups in total. The van der Waals surface area contributed by atoms with Crippen LogP contribution in [0.25, 0.3) is 0 Å². The summed E-state index contributed by atoms with van der Waals surface area (Å²) in [5.74, 6) is -0.0947. The number of hydrogen-bond acceptors (Lipinski definition) is 4. The zero-order valence-corrected chi connectivity index (χ0v) is 13.4. The Hall–Kier alpha value is -1.43. The van der Waals surface area contributed by atoms with Crippen LogP contribution in [0.5, 0.6) is 0 Å². The molecule has 0 spiro atoms. The Morgan fingerprint density at radius 3 is 2.55 bits per heavy atom. The highest BCUT2D eigenvalue weighted by Gasteiger charge is 2.33. The van der Waals surface area contributed by atoms with Crippen LogP contribution in [0.2, 0.25) is 0 Å². The summed E-state index contributed by atoms with van der Waals surface area (Å²) in [5, 5.41) is 6.41. The molecule has 1 aliphatic rings. The van der Waals surface area contributed by atoms with Crippen molar-refractivity contribution in [1.29, 1.82) is 0 Å². The molecular weight excluding hydrogens is 280 g/mol. The smallest absolute Gasteiger partial charge is 0.253 e. The molecule has 1 amide bonds. The third-order valence-corrected chi connectivity index (χ3v) is 4.33. The number of nitrogens with one attached hydrogen (secondary N) is 2. The summed E-state index contributed by atoms with van der Waals surface area (Å²) in [7, 11) is 3.28. The Kier molecular flexibility index (Phi) is 6.36. The summed E-state index contributed by atoms with van der Waals surface area (Å²) in [4.78, 5) is 12.5. The molecule has 2 rings (SSSR count). The second kappa shape index (κ2) is 8.27. The van der Waals surface area contributed by atoms with Gasteiger partial charge in [-0.1, -0.05) is 30.3 Å². The first-order valence-corrected chi connectivity index (χ1v) is 7.76. The van der Waals surface area contributed by atoms with Crippen molar-refractivity contribution in [1.82, 2.24) is 10.6 Å². The maximum atomic E-state index is 12.5. The highest BCUT2D eigenvalue weighted by Crippen LogP contribution is 2.28. The van der Waals surface area contributed by atoms with E-state index in [1.165, 1.54) is 0 Å². The van der Waals surface area contributed by atoms with Crippen molar-refractivity contribution in [2.24, 2.45) is 5.41 Å². The van der Waals surface area contributed by atoms with Crippen LogP contribution in [0.4, 0.5) is 0 Å². The van der Waals surface area contributed by atoms with Crippen molar-refractivity contribution in [2.45, 2.75) is 18.9 Å². The van der Waals surface area contributed by atoms with E-state index in [1.807, 2.05) is 30.3 Å². The quantitative estimate of drug-likeness (QED) is 0.801. The average Bonchev–Trinajstić information content (AvgIpc) is 2.56. The van der Waals surface area contributed by atoms with Crippen molar-refractivity contribution < 1.29 is 14.3 Å². The van der Waals surface area contributed by atoms with Crippen molar-refractivity contribution in [2.75, 3.05) is 40.5 Å². The number of methoxy groups -OCH3 is 2. The van der Waals surface area contributed by atoms with E-state index in [0.29, 0.717) is 13.2 Å². The fourth-order valence-electron chi connectivity index (χ4n) is 3.03. The third kappa shape index (κ3) is 4.29. The first-order chi connectivity index (χ1) is 10.7. The molecule has 22 heavy (non-hydrogen) atoms. The second-order valence-electron chi connectivity index (χ2n) is 5.93. The number of rotatable bonds is 7. The zero-order valence-electron chi connectivity index (χ0n) is 13.4. The van der Waals surface area contributed by atoms with E-state index in [0.717, 1.165) is 31.5 Å². The number of carbonyl (C=O) groups excluding carboxylic acids is 1. The summed E-state index contributed by atoms with van der Waals surface area (Å²) >= 11 is 0. The number of piperidine rings is 1. The van der Waals surface area contributed by atoms with Crippen LogP contribution in [0.1, 0.15) is 24.5 Å². The molecule has 1 heterocycles. The molecule has 1 aromatic rings. The van der Waals surface area contributed by atoms with Gasteiger partial charge in [-0.05, 0) is 31.5 Å². The van der Waals surface area contributed by atoms with Gasteiger partial charge < -0.3 is 20.1 Å². The van der Waals surface area contributed by atoms with E-state index in [1.54, 1.807) is 14.2 Å².